The molecule has 2 atom stereocenters. The number of halogens is 1. The van der Waals surface area contributed by atoms with Crippen LogP contribution in [-0.2, 0) is 17.9 Å². The van der Waals surface area contributed by atoms with Gasteiger partial charge in [-0.25, -0.2) is 9.37 Å². The molecule has 2 fully saturated rings. The zero-order valence-corrected chi connectivity index (χ0v) is 18.4. The highest BCUT2D eigenvalue weighted by atomic mass is 19.1. The molecule has 7 heteroatoms. The Hall–Kier alpha value is -1.96. The lowest BCUT2D eigenvalue weighted by Crippen LogP contribution is -2.54. The Morgan fingerprint density at radius 3 is 2.81 bits per heavy atom. The summed E-state index contributed by atoms with van der Waals surface area (Å²) in [6.45, 7) is 8.84. The number of fused-ring (bicyclic) bond motifs is 3. The van der Waals surface area contributed by atoms with Crippen LogP contribution in [0.3, 0.4) is 0 Å². The van der Waals surface area contributed by atoms with Gasteiger partial charge in [-0.2, -0.15) is 0 Å². The molecule has 2 saturated heterocycles. The van der Waals surface area contributed by atoms with Gasteiger partial charge < -0.3 is 24.0 Å². The molecule has 0 saturated carbocycles. The van der Waals surface area contributed by atoms with Crippen molar-refractivity contribution in [3.8, 4) is 5.75 Å². The van der Waals surface area contributed by atoms with E-state index in [9.17, 15) is 9.50 Å². The normalized spacial score (nSPS) is 26.8. The SMILES string of the molecule is CC1(C)Oc2ccc(F)cc2[C@@H]2OCC3(CCN(CCn4ccnc4CO)CC3)C[C@H]21. The quantitative estimate of drug-likeness (QED) is 0.806. The number of hydrogen-bond acceptors (Lipinski definition) is 5. The molecule has 0 unspecified atom stereocenters. The Labute approximate surface area is 183 Å². The number of imidazole rings is 1. The van der Waals surface area contributed by atoms with Crippen molar-refractivity contribution in [2.24, 2.45) is 11.3 Å². The summed E-state index contributed by atoms with van der Waals surface area (Å²) in [4.78, 5) is 6.67. The Kier molecular flexibility index (Phi) is 5.31. The summed E-state index contributed by atoms with van der Waals surface area (Å²) in [5.74, 6) is 1.44. The van der Waals surface area contributed by atoms with Crippen LogP contribution >= 0.6 is 0 Å². The van der Waals surface area contributed by atoms with E-state index in [1.165, 1.54) is 6.07 Å². The van der Waals surface area contributed by atoms with E-state index < -0.39 is 0 Å². The summed E-state index contributed by atoms with van der Waals surface area (Å²) in [6, 6.07) is 4.78. The van der Waals surface area contributed by atoms with Crippen LogP contribution in [0.2, 0.25) is 0 Å². The predicted octanol–water partition coefficient (Wildman–Crippen LogP) is 3.55. The van der Waals surface area contributed by atoms with Crippen LogP contribution in [0, 0.1) is 17.2 Å². The summed E-state index contributed by atoms with van der Waals surface area (Å²) in [6.07, 6.45) is 6.81. The molecule has 1 aromatic carbocycles. The standard InChI is InChI=1S/C24H32FN3O3/c1-23(2)19-14-24(16-30-22(19)18-13-17(25)3-4-20(18)31-23)5-8-27(9-6-24)11-12-28-10-7-26-21(28)15-29/h3-4,7,10,13,19,22,29H,5-6,8-9,11-12,14-16H2,1-2H3/t19-,22+/m1/s1. The van der Waals surface area contributed by atoms with Gasteiger partial charge in [-0.1, -0.05) is 0 Å². The van der Waals surface area contributed by atoms with Crippen molar-refractivity contribution in [3.63, 3.8) is 0 Å². The van der Waals surface area contributed by atoms with Crippen molar-refractivity contribution in [3.05, 3.63) is 47.8 Å². The average Bonchev–Trinajstić information content (AvgIpc) is 3.22. The van der Waals surface area contributed by atoms with Crippen LogP contribution in [0.4, 0.5) is 4.39 Å². The lowest BCUT2D eigenvalue weighted by Gasteiger charge is -2.54. The van der Waals surface area contributed by atoms with Gasteiger partial charge in [0.1, 0.15) is 29.6 Å². The number of aliphatic hydroxyl groups is 1. The van der Waals surface area contributed by atoms with Crippen LogP contribution in [-0.4, -0.2) is 51.4 Å². The second-order valence-electron chi connectivity index (χ2n) is 9.97. The number of aromatic nitrogens is 2. The summed E-state index contributed by atoms with van der Waals surface area (Å²) < 4.78 is 28.7. The molecule has 3 aliphatic rings. The number of ether oxygens (including phenoxy) is 2. The van der Waals surface area contributed by atoms with Crippen LogP contribution in [0.5, 0.6) is 5.75 Å². The molecule has 0 bridgehead atoms. The van der Waals surface area contributed by atoms with E-state index in [-0.39, 0.29) is 35.5 Å². The molecule has 4 heterocycles. The smallest absolute Gasteiger partial charge is 0.134 e. The molecular weight excluding hydrogens is 397 g/mol. The Morgan fingerprint density at radius 1 is 1.23 bits per heavy atom. The van der Waals surface area contributed by atoms with Crippen LogP contribution < -0.4 is 4.74 Å². The van der Waals surface area contributed by atoms with Crippen molar-refractivity contribution in [2.45, 2.75) is 58.0 Å². The van der Waals surface area contributed by atoms with Crippen LogP contribution in [0.1, 0.15) is 50.6 Å². The molecule has 2 aromatic rings. The highest BCUT2D eigenvalue weighted by molar-refractivity contribution is 5.39. The minimum atomic E-state index is -0.345. The molecule has 1 spiro atoms. The van der Waals surface area contributed by atoms with E-state index in [0.29, 0.717) is 0 Å². The summed E-state index contributed by atoms with van der Waals surface area (Å²) in [5.41, 5.74) is 0.674. The van der Waals surface area contributed by atoms with E-state index in [1.807, 2.05) is 10.8 Å². The summed E-state index contributed by atoms with van der Waals surface area (Å²) >= 11 is 0. The number of nitrogens with zero attached hydrogens (tertiary/aromatic N) is 3. The van der Waals surface area contributed by atoms with Crippen LogP contribution in [0.15, 0.2) is 30.6 Å². The second-order valence-corrected chi connectivity index (χ2v) is 9.97. The Morgan fingerprint density at radius 2 is 2.03 bits per heavy atom. The van der Waals surface area contributed by atoms with E-state index in [2.05, 4.69) is 23.7 Å². The maximum absolute atomic E-state index is 13.9. The number of rotatable bonds is 4. The number of likely N-dealkylation sites (tertiary alicyclic amines) is 1. The van der Waals surface area contributed by atoms with Crippen molar-refractivity contribution in [1.82, 2.24) is 14.5 Å². The molecule has 31 heavy (non-hydrogen) atoms. The molecule has 168 valence electrons. The van der Waals surface area contributed by atoms with Gasteiger partial charge in [0.2, 0.25) is 0 Å². The van der Waals surface area contributed by atoms with E-state index in [0.717, 1.165) is 69.2 Å². The number of benzene rings is 1. The van der Waals surface area contributed by atoms with Gasteiger partial charge in [0.25, 0.3) is 0 Å². The van der Waals surface area contributed by atoms with Gasteiger partial charge in [0, 0.05) is 37.0 Å². The molecule has 1 aromatic heterocycles. The number of piperidine rings is 1. The topological polar surface area (TPSA) is 59.8 Å². The summed E-state index contributed by atoms with van der Waals surface area (Å²) in [7, 11) is 0. The average molecular weight is 430 g/mol. The number of aliphatic hydroxyl groups excluding tert-OH is 1. The zero-order valence-electron chi connectivity index (χ0n) is 18.4. The van der Waals surface area contributed by atoms with Gasteiger partial charge >= 0.3 is 0 Å². The first-order chi connectivity index (χ1) is 14.9. The minimum absolute atomic E-state index is 0.0269. The highest BCUT2D eigenvalue weighted by Crippen LogP contribution is 2.55. The van der Waals surface area contributed by atoms with Gasteiger partial charge in [0.05, 0.1) is 12.7 Å². The third-order valence-corrected chi connectivity index (χ3v) is 7.65. The highest BCUT2D eigenvalue weighted by Gasteiger charge is 2.52. The van der Waals surface area contributed by atoms with Gasteiger partial charge in [0.15, 0.2) is 0 Å². The van der Waals surface area contributed by atoms with E-state index in [1.54, 1.807) is 18.3 Å². The first-order valence-electron chi connectivity index (χ1n) is 11.3. The molecule has 0 amide bonds. The molecule has 0 radical (unpaired) electrons. The maximum Gasteiger partial charge on any atom is 0.134 e. The lowest BCUT2D eigenvalue weighted by atomic mass is 9.64. The molecule has 6 nitrogen and oxygen atoms in total. The largest absolute Gasteiger partial charge is 0.487 e. The Balaban J connectivity index is 1.24. The monoisotopic (exact) mass is 429 g/mol. The molecule has 5 rings (SSSR count). The van der Waals surface area contributed by atoms with Gasteiger partial charge in [-0.15, -0.1) is 0 Å². The first-order valence-corrected chi connectivity index (χ1v) is 11.3. The van der Waals surface area contributed by atoms with Crippen molar-refractivity contribution in [2.75, 3.05) is 26.2 Å². The minimum Gasteiger partial charge on any atom is -0.487 e. The van der Waals surface area contributed by atoms with Crippen molar-refractivity contribution >= 4 is 0 Å². The van der Waals surface area contributed by atoms with Crippen molar-refractivity contribution < 1.29 is 19.0 Å². The fourth-order valence-corrected chi connectivity index (χ4v) is 5.67. The predicted molar refractivity (Wildman–Crippen MR) is 114 cm³/mol. The van der Waals surface area contributed by atoms with Crippen LogP contribution in [0.25, 0.3) is 0 Å². The number of hydrogen-bond donors (Lipinski definition) is 1. The fraction of sp³-hybridized carbons (Fsp3) is 0.625. The molecule has 0 aliphatic carbocycles. The first kappa shape index (κ1) is 20.9. The third kappa shape index (κ3) is 3.88. The maximum atomic E-state index is 13.9. The van der Waals surface area contributed by atoms with E-state index >= 15 is 0 Å². The zero-order chi connectivity index (χ0) is 21.6. The van der Waals surface area contributed by atoms with Crippen molar-refractivity contribution in [1.29, 1.82) is 0 Å². The summed E-state index contributed by atoms with van der Waals surface area (Å²) in [5, 5.41) is 9.38. The third-order valence-electron chi connectivity index (χ3n) is 7.65. The van der Waals surface area contributed by atoms with Gasteiger partial charge in [-0.3, -0.25) is 0 Å². The van der Waals surface area contributed by atoms with E-state index in [4.69, 9.17) is 9.47 Å². The second kappa shape index (κ2) is 7.87. The lowest BCUT2D eigenvalue weighted by molar-refractivity contribution is -0.174. The molecule has 3 aliphatic heterocycles. The fourth-order valence-electron chi connectivity index (χ4n) is 5.67. The molecule has 1 N–H and O–H groups in total. The van der Waals surface area contributed by atoms with Gasteiger partial charge in [-0.05, 0) is 69.8 Å². The Bertz CT molecular complexity index is 936. The molecular formula is C24H32FN3O3.